The minimum absolute atomic E-state index is 0.168. The Kier molecular flexibility index (Phi) is 3.32. The maximum Gasteiger partial charge on any atom is 0.178 e. The van der Waals surface area contributed by atoms with E-state index in [2.05, 4.69) is 0 Å². The molecule has 78 valence electrons. The van der Waals surface area contributed by atoms with Gasteiger partial charge in [-0.3, -0.25) is 0 Å². The Bertz CT molecular complexity index is 388. The van der Waals surface area contributed by atoms with E-state index < -0.39 is 9.84 Å². The van der Waals surface area contributed by atoms with E-state index >= 15 is 0 Å². The monoisotopic (exact) mass is 212 g/mol. The number of rotatable bonds is 3. The van der Waals surface area contributed by atoms with Crippen LogP contribution < -0.4 is 0 Å². The fourth-order valence-electron chi connectivity index (χ4n) is 1.28. The smallest absolute Gasteiger partial charge is 0.178 e. The standard InChI is InChI=1S/C11H16O2S/c1-9(2)8-14(12,13)11-6-4-10(3)5-7-11/h4-7,9H,8H2,1-3H3. The van der Waals surface area contributed by atoms with Gasteiger partial charge >= 0.3 is 0 Å². The van der Waals surface area contributed by atoms with Crippen LogP contribution in [-0.2, 0) is 9.84 Å². The average Bonchev–Trinajstić information content (AvgIpc) is 2.02. The molecule has 0 aliphatic carbocycles. The molecule has 0 saturated carbocycles. The first-order valence-corrected chi connectivity index (χ1v) is 6.36. The first kappa shape index (κ1) is 11.2. The van der Waals surface area contributed by atoms with Gasteiger partial charge in [0, 0.05) is 0 Å². The van der Waals surface area contributed by atoms with Crippen molar-refractivity contribution in [3.05, 3.63) is 29.8 Å². The first-order chi connectivity index (χ1) is 6.42. The van der Waals surface area contributed by atoms with Gasteiger partial charge in [0.1, 0.15) is 0 Å². The van der Waals surface area contributed by atoms with Crippen LogP contribution in [0.1, 0.15) is 19.4 Å². The minimum atomic E-state index is -3.08. The van der Waals surface area contributed by atoms with Gasteiger partial charge in [-0.15, -0.1) is 0 Å². The van der Waals surface area contributed by atoms with E-state index in [9.17, 15) is 8.42 Å². The van der Waals surface area contributed by atoms with E-state index in [4.69, 9.17) is 0 Å². The van der Waals surface area contributed by atoms with Gasteiger partial charge in [0.25, 0.3) is 0 Å². The van der Waals surface area contributed by atoms with E-state index in [1.165, 1.54) is 0 Å². The number of sulfone groups is 1. The summed E-state index contributed by atoms with van der Waals surface area (Å²) >= 11 is 0. The van der Waals surface area contributed by atoms with Crippen LogP contribution in [-0.4, -0.2) is 14.2 Å². The zero-order valence-corrected chi connectivity index (χ0v) is 9.64. The van der Waals surface area contributed by atoms with Crippen molar-refractivity contribution < 1.29 is 8.42 Å². The van der Waals surface area contributed by atoms with Crippen molar-refractivity contribution in [1.29, 1.82) is 0 Å². The van der Waals surface area contributed by atoms with Crippen LogP contribution in [0.15, 0.2) is 29.2 Å². The lowest BCUT2D eigenvalue weighted by molar-refractivity contribution is 0.582. The minimum Gasteiger partial charge on any atom is -0.224 e. The van der Waals surface area contributed by atoms with Crippen molar-refractivity contribution >= 4 is 9.84 Å². The molecule has 0 atom stereocenters. The second kappa shape index (κ2) is 4.13. The molecule has 0 aliphatic heterocycles. The average molecular weight is 212 g/mol. The van der Waals surface area contributed by atoms with Crippen LogP contribution in [0.4, 0.5) is 0 Å². The van der Waals surface area contributed by atoms with Crippen LogP contribution >= 0.6 is 0 Å². The molecule has 0 aliphatic rings. The lowest BCUT2D eigenvalue weighted by Gasteiger charge is -2.06. The molecule has 1 aromatic rings. The lowest BCUT2D eigenvalue weighted by Crippen LogP contribution is -2.11. The van der Waals surface area contributed by atoms with Crippen molar-refractivity contribution in [2.45, 2.75) is 25.7 Å². The summed E-state index contributed by atoms with van der Waals surface area (Å²) in [5.74, 6) is 0.386. The van der Waals surface area contributed by atoms with Crippen molar-refractivity contribution in [2.75, 3.05) is 5.75 Å². The Morgan fingerprint density at radius 2 is 1.64 bits per heavy atom. The summed E-state index contributed by atoms with van der Waals surface area (Å²) in [6.07, 6.45) is 0. The van der Waals surface area contributed by atoms with E-state index in [0.717, 1.165) is 5.56 Å². The Balaban J connectivity index is 2.99. The van der Waals surface area contributed by atoms with Crippen LogP contribution in [0, 0.1) is 12.8 Å². The molecular formula is C11H16O2S. The molecule has 14 heavy (non-hydrogen) atoms. The fraction of sp³-hybridized carbons (Fsp3) is 0.455. The van der Waals surface area contributed by atoms with Crippen LogP contribution in [0.2, 0.25) is 0 Å². The predicted octanol–water partition coefficient (Wildman–Crippen LogP) is 2.42. The SMILES string of the molecule is Cc1ccc(S(=O)(=O)CC(C)C)cc1. The van der Waals surface area contributed by atoms with Crippen molar-refractivity contribution in [2.24, 2.45) is 5.92 Å². The Labute approximate surface area is 85.9 Å². The number of hydrogen-bond acceptors (Lipinski definition) is 2. The number of benzene rings is 1. The van der Waals surface area contributed by atoms with Gasteiger partial charge in [-0.1, -0.05) is 31.5 Å². The van der Waals surface area contributed by atoms with Crippen molar-refractivity contribution in [3.63, 3.8) is 0 Å². The van der Waals surface area contributed by atoms with E-state index in [1.54, 1.807) is 12.1 Å². The van der Waals surface area contributed by atoms with Crippen LogP contribution in [0.5, 0.6) is 0 Å². The first-order valence-electron chi connectivity index (χ1n) is 4.71. The molecule has 2 nitrogen and oxygen atoms in total. The maximum atomic E-state index is 11.8. The molecule has 3 heteroatoms. The molecular weight excluding hydrogens is 196 g/mol. The molecule has 0 fully saturated rings. The van der Waals surface area contributed by atoms with Gasteiger partial charge in [0.15, 0.2) is 9.84 Å². The highest BCUT2D eigenvalue weighted by Gasteiger charge is 2.15. The van der Waals surface area contributed by atoms with E-state index in [1.807, 2.05) is 32.9 Å². The summed E-state index contributed by atoms with van der Waals surface area (Å²) in [7, 11) is -3.08. The highest BCUT2D eigenvalue weighted by molar-refractivity contribution is 7.91. The summed E-state index contributed by atoms with van der Waals surface area (Å²) in [5, 5.41) is 0. The molecule has 0 radical (unpaired) electrons. The third-order valence-electron chi connectivity index (χ3n) is 1.93. The molecule has 0 N–H and O–H groups in total. The molecule has 0 heterocycles. The van der Waals surface area contributed by atoms with Gasteiger partial charge in [-0.25, -0.2) is 8.42 Å². The number of hydrogen-bond donors (Lipinski definition) is 0. The molecule has 0 bridgehead atoms. The molecule has 0 aromatic heterocycles. The third kappa shape index (κ3) is 2.84. The lowest BCUT2D eigenvalue weighted by atomic mass is 10.2. The second-order valence-electron chi connectivity index (χ2n) is 3.99. The van der Waals surface area contributed by atoms with E-state index in [-0.39, 0.29) is 11.7 Å². The fourth-order valence-corrected chi connectivity index (χ4v) is 2.90. The zero-order valence-electron chi connectivity index (χ0n) is 8.82. The second-order valence-corrected chi connectivity index (χ2v) is 6.02. The van der Waals surface area contributed by atoms with Gasteiger partial charge < -0.3 is 0 Å². The van der Waals surface area contributed by atoms with Gasteiger partial charge in [-0.05, 0) is 25.0 Å². The summed E-state index contributed by atoms with van der Waals surface area (Å²) in [5.41, 5.74) is 1.08. The third-order valence-corrected chi connectivity index (χ3v) is 4.03. The topological polar surface area (TPSA) is 34.1 Å². The predicted molar refractivity (Wildman–Crippen MR) is 58.1 cm³/mol. The molecule has 1 aromatic carbocycles. The molecule has 0 spiro atoms. The molecule has 0 amide bonds. The largest absolute Gasteiger partial charge is 0.224 e. The summed E-state index contributed by atoms with van der Waals surface area (Å²) in [6.45, 7) is 5.76. The van der Waals surface area contributed by atoms with Gasteiger partial charge in [0.2, 0.25) is 0 Å². The summed E-state index contributed by atoms with van der Waals surface area (Å²) < 4.78 is 23.5. The Morgan fingerprint density at radius 3 is 2.07 bits per heavy atom. The van der Waals surface area contributed by atoms with Gasteiger partial charge in [-0.2, -0.15) is 0 Å². The maximum absolute atomic E-state index is 11.8. The molecule has 0 saturated heterocycles. The molecule has 0 unspecified atom stereocenters. The zero-order chi connectivity index (χ0) is 10.8. The number of aryl methyl sites for hydroxylation is 1. The molecule has 1 rings (SSSR count). The Morgan fingerprint density at radius 1 is 1.14 bits per heavy atom. The van der Waals surface area contributed by atoms with E-state index in [0.29, 0.717) is 4.90 Å². The van der Waals surface area contributed by atoms with Crippen molar-refractivity contribution in [3.8, 4) is 0 Å². The summed E-state index contributed by atoms with van der Waals surface area (Å²) in [4.78, 5) is 0.428. The normalized spacial score (nSPS) is 12.0. The Hall–Kier alpha value is -0.830. The highest BCUT2D eigenvalue weighted by atomic mass is 32.2. The summed E-state index contributed by atoms with van der Waals surface area (Å²) in [6, 6.07) is 7.00. The van der Waals surface area contributed by atoms with Crippen LogP contribution in [0.3, 0.4) is 0 Å². The highest BCUT2D eigenvalue weighted by Crippen LogP contribution is 2.14. The van der Waals surface area contributed by atoms with Crippen molar-refractivity contribution in [1.82, 2.24) is 0 Å². The van der Waals surface area contributed by atoms with Crippen LogP contribution in [0.25, 0.3) is 0 Å². The van der Waals surface area contributed by atoms with Gasteiger partial charge in [0.05, 0.1) is 10.6 Å². The quantitative estimate of drug-likeness (QED) is 0.771.